The minimum absolute atomic E-state index is 0.0357. The van der Waals surface area contributed by atoms with Crippen LogP contribution >= 0.6 is 11.6 Å². The van der Waals surface area contributed by atoms with Crippen molar-refractivity contribution in [3.8, 4) is 5.75 Å². The van der Waals surface area contributed by atoms with Crippen molar-refractivity contribution in [3.63, 3.8) is 0 Å². The maximum Gasteiger partial charge on any atom is 0.339 e. The van der Waals surface area contributed by atoms with Crippen LogP contribution in [0.2, 0.25) is 5.02 Å². The van der Waals surface area contributed by atoms with Gasteiger partial charge in [0.2, 0.25) is 0 Å². The second-order valence-corrected chi connectivity index (χ2v) is 3.15. The van der Waals surface area contributed by atoms with Crippen LogP contribution in [0.1, 0.15) is 23.7 Å². The van der Waals surface area contributed by atoms with Gasteiger partial charge in [0.05, 0.1) is 17.2 Å². The Labute approximate surface area is 87.3 Å². The number of aromatic hydroxyl groups is 1. The summed E-state index contributed by atoms with van der Waals surface area (Å²) >= 11 is 5.72. The van der Waals surface area contributed by atoms with Gasteiger partial charge in [0, 0.05) is 0 Å². The summed E-state index contributed by atoms with van der Waals surface area (Å²) in [5, 5.41) is 9.27. The first-order valence-electron chi connectivity index (χ1n) is 4.31. The van der Waals surface area contributed by atoms with Gasteiger partial charge < -0.3 is 9.84 Å². The van der Waals surface area contributed by atoms with E-state index in [1.807, 2.05) is 6.92 Å². The predicted octanol–water partition coefficient (Wildman–Crippen LogP) is 2.61. The highest BCUT2D eigenvalue weighted by atomic mass is 35.5. The number of ether oxygens (including phenoxy) is 1. The average Bonchev–Trinajstić information content (AvgIpc) is 2.18. The van der Waals surface area contributed by atoms with Crippen LogP contribution in [-0.4, -0.2) is 17.7 Å². The van der Waals surface area contributed by atoms with E-state index in [0.29, 0.717) is 6.61 Å². The fourth-order valence-electron chi connectivity index (χ4n) is 0.950. The van der Waals surface area contributed by atoms with Gasteiger partial charge >= 0.3 is 5.97 Å². The highest BCUT2D eigenvalue weighted by Crippen LogP contribution is 2.26. The van der Waals surface area contributed by atoms with Gasteiger partial charge in [-0.25, -0.2) is 4.79 Å². The molecule has 0 aliphatic heterocycles. The lowest BCUT2D eigenvalue weighted by molar-refractivity contribution is 0.0505. The van der Waals surface area contributed by atoms with Crippen molar-refractivity contribution in [3.05, 3.63) is 28.8 Å². The summed E-state index contributed by atoms with van der Waals surface area (Å²) < 4.78 is 4.88. The number of benzene rings is 1. The molecule has 0 aliphatic carbocycles. The van der Waals surface area contributed by atoms with Crippen molar-refractivity contribution in [1.82, 2.24) is 0 Å². The lowest BCUT2D eigenvalue weighted by Crippen LogP contribution is -2.06. The first-order valence-corrected chi connectivity index (χ1v) is 4.69. The molecule has 1 aromatic carbocycles. The van der Waals surface area contributed by atoms with Crippen molar-refractivity contribution in [2.45, 2.75) is 13.3 Å². The third-order valence-corrected chi connectivity index (χ3v) is 2.03. The number of phenols is 1. The van der Waals surface area contributed by atoms with Gasteiger partial charge in [-0.05, 0) is 18.6 Å². The van der Waals surface area contributed by atoms with Crippen molar-refractivity contribution in [1.29, 1.82) is 0 Å². The van der Waals surface area contributed by atoms with Crippen LogP contribution in [0.4, 0.5) is 0 Å². The number of rotatable bonds is 3. The number of carbonyl (C=O) groups is 1. The molecule has 1 N–H and O–H groups in total. The zero-order chi connectivity index (χ0) is 10.6. The Bertz CT molecular complexity index is 336. The van der Waals surface area contributed by atoms with E-state index in [1.54, 1.807) is 6.07 Å². The molecule has 0 spiro atoms. The van der Waals surface area contributed by atoms with Crippen molar-refractivity contribution in [2.24, 2.45) is 0 Å². The van der Waals surface area contributed by atoms with Gasteiger partial charge in [0.15, 0.2) is 0 Å². The number of hydrogen-bond acceptors (Lipinski definition) is 3. The summed E-state index contributed by atoms with van der Waals surface area (Å²) in [7, 11) is 0. The van der Waals surface area contributed by atoms with Crippen molar-refractivity contribution >= 4 is 17.6 Å². The maximum atomic E-state index is 11.4. The van der Waals surface area contributed by atoms with Crippen LogP contribution in [0.3, 0.4) is 0 Å². The second-order valence-electron chi connectivity index (χ2n) is 2.77. The van der Waals surface area contributed by atoms with E-state index in [1.165, 1.54) is 12.1 Å². The molecule has 0 saturated carbocycles. The number of carbonyl (C=O) groups excluding carboxylic acids is 1. The normalized spacial score (nSPS) is 9.86. The van der Waals surface area contributed by atoms with Crippen LogP contribution in [0.25, 0.3) is 0 Å². The number of esters is 1. The van der Waals surface area contributed by atoms with Crippen molar-refractivity contribution < 1.29 is 14.6 Å². The molecule has 0 amide bonds. The molecule has 0 radical (unpaired) electrons. The molecule has 0 heterocycles. The van der Waals surface area contributed by atoms with E-state index in [-0.39, 0.29) is 16.3 Å². The summed E-state index contributed by atoms with van der Waals surface area (Å²) in [6.45, 7) is 2.25. The molecule has 1 aromatic rings. The monoisotopic (exact) mass is 214 g/mol. The minimum Gasteiger partial charge on any atom is -0.506 e. The smallest absolute Gasteiger partial charge is 0.339 e. The fraction of sp³-hybridized carbons (Fsp3) is 0.300. The molecule has 3 nitrogen and oxygen atoms in total. The number of hydrogen-bond donors (Lipinski definition) is 1. The maximum absolute atomic E-state index is 11.4. The molecule has 0 saturated heterocycles. The third kappa shape index (κ3) is 2.39. The lowest BCUT2D eigenvalue weighted by atomic mass is 10.2. The summed E-state index contributed by atoms with van der Waals surface area (Å²) in [4.78, 5) is 11.4. The second kappa shape index (κ2) is 4.86. The molecule has 1 rings (SSSR count). The van der Waals surface area contributed by atoms with Crippen LogP contribution in [0.5, 0.6) is 5.75 Å². The molecule has 0 aliphatic rings. The van der Waals surface area contributed by atoms with Gasteiger partial charge in [-0.15, -0.1) is 0 Å². The summed E-state index contributed by atoms with van der Waals surface area (Å²) in [6, 6.07) is 4.47. The Morgan fingerprint density at radius 3 is 2.93 bits per heavy atom. The summed E-state index contributed by atoms with van der Waals surface area (Å²) in [5.41, 5.74) is 0.195. The quantitative estimate of drug-likeness (QED) is 0.787. The first kappa shape index (κ1) is 10.9. The molecule has 0 atom stereocenters. The summed E-state index contributed by atoms with van der Waals surface area (Å²) in [5.74, 6) is -0.620. The Morgan fingerprint density at radius 2 is 2.29 bits per heavy atom. The Kier molecular flexibility index (Phi) is 3.77. The van der Waals surface area contributed by atoms with Gasteiger partial charge in [-0.3, -0.25) is 0 Å². The van der Waals surface area contributed by atoms with Gasteiger partial charge in [0.1, 0.15) is 5.75 Å². The van der Waals surface area contributed by atoms with Crippen LogP contribution in [0.15, 0.2) is 18.2 Å². The Morgan fingerprint density at radius 1 is 1.57 bits per heavy atom. The molecule has 0 bridgehead atoms. The molecule has 0 aromatic heterocycles. The SMILES string of the molecule is CCCOC(=O)c1cccc(O)c1Cl. The Hall–Kier alpha value is -1.22. The van der Waals surface area contributed by atoms with E-state index < -0.39 is 5.97 Å². The van der Waals surface area contributed by atoms with E-state index >= 15 is 0 Å². The number of phenolic OH excluding ortho intramolecular Hbond substituents is 1. The minimum atomic E-state index is -0.507. The molecule has 14 heavy (non-hydrogen) atoms. The largest absolute Gasteiger partial charge is 0.506 e. The van der Waals surface area contributed by atoms with Gasteiger partial charge in [-0.1, -0.05) is 24.6 Å². The topological polar surface area (TPSA) is 46.5 Å². The van der Waals surface area contributed by atoms with Crippen LogP contribution < -0.4 is 0 Å². The zero-order valence-electron chi connectivity index (χ0n) is 7.79. The van der Waals surface area contributed by atoms with Gasteiger partial charge in [-0.2, -0.15) is 0 Å². The standard InChI is InChI=1S/C10H11ClO3/c1-2-6-14-10(13)7-4-3-5-8(12)9(7)11/h3-5,12H,2,6H2,1H3. The summed E-state index contributed by atoms with van der Waals surface area (Å²) in [6.07, 6.45) is 0.752. The molecule has 0 fully saturated rings. The van der Waals surface area contributed by atoms with E-state index in [4.69, 9.17) is 16.3 Å². The Balaban J connectivity index is 2.84. The average molecular weight is 215 g/mol. The number of halogens is 1. The highest BCUT2D eigenvalue weighted by molar-refractivity contribution is 6.34. The molecular weight excluding hydrogens is 204 g/mol. The van der Waals surface area contributed by atoms with E-state index in [9.17, 15) is 9.90 Å². The molecule has 4 heteroatoms. The zero-order valence-corrected chi connectivity index (χ0v) is 8.54. The third-order valence-electron chi connectivity index (χ3n) is 1.64. The first-order chi connectivity index (χ1) is 6.66. The van der Waals surface area contributed by atoms with Crippen molar-refractivity contribution in [2.75, 3.05) is 6.61 Å². The molecule has 76 valence electrons. The fourth-order valence-corrected chi connectivity index (χ4v) is 1.15. The lowest BCUT2D eigenvalue weighted by Gasteiger charge is -2.05. The van der Waals surface area contributed by atoms with E-state index in [2.05, 4.69) is 0 Å². The van der Waals surface area contributed by atoms with Gasteiger partial charge in [0.25, 0.3) is 0 Å². The predicted molar refractivity (Wildman–Crippen MR) is 53.7 cm³/mol. The van der Waals surface area contributed by atoms with Crippen LogP contribution in [-0.2, 0) is 4.74 Å². The highest BCUT2D eigenvalue weighted by Gasteiger charge is 2.13. The molecular formula is C10H11ClO3. The molecule has 0 unspecified atom stereocenters. The van der Waals surface area contributed by atoms with E-state index in [0.717, 1.165) is 6.42 Å². The van der Waals surface area contributed by atoms with Crippen LogP contribution in [0, 0.1) is 0 Å².